The SMILES string of the molecule is CO[C@H]1CN(c2cccc(Cc3ccccc3)n2)C[C@H]1O. The smallest absolute Gasteiger partial charge is 0.128 e. The van der Waals surface area contributed by atoms with E-state index in [1.165, 1.54) is 5.56 Å². The van der Waals surface area contributed by atoms with Crippen molar-refractivity contribution in [2.24, 2.45) is 0 Å². The van der Waals surface area contributed by atoms with E-state index in [-0.39, 0.29) is 6.10 Å². The van der Waals surface area contributed by atoms with Crippen molar-refractivity contribution in [3.8, 4) is 0 Å². The van der Waals surface area contributed by atoms with Crippen LogP contribution >= 0.6 is 0 Å². The normalized spacial score (nSPS) is 21.7. The number of anilines is 1. The van der Waals surface area contributed by atoms with Crippen LogP contribution in [0.25, 0.3) is 0 Å². The Bertz CT molecular complexity index is 588. The first kappa shape index (κ1) is 14.0. The lowest BCUT2D eigenvalue weighted by Crippen LogP contribution is -2.25. The number of β-amino-alcohol motifs (C(OH)–C–C–N with tert-alkyl or cyclic N) is 1. The molecule has 3 rings (SSSR count). The van der Waals surface area contributed by atoms with Gasteiger partial charge in [0, 0.05) is 32.3 Å². The van der Waals surface area contributed by atoms with Crippen molar-refractivity contribution in [3.63, 3.8) is 0 Å². The fourth-order valence-electron chi connectivity index (χ4n) is 2.72. The molecule has 4 heteroatoms. The number of aliphatic hydroxyl groups is 1. The van der Waals surface area contributed by atoms with E-state index >= 15 is 0 Å². The van der Waals surface area contributed by atoms with Gasteiger partial charge in [-0.25, -0.2) is 4.98 Å². The van der Waals surface area contributed by atoms with Crippen LogP contribution in [-0.2, 0) is 11.2 Å². The predicted molar refractivity (Wildman–Crippen MR) is 82.5 cm³/mol. The molecule has 110 valence electrons. The highest BCUT2D eigenvalue weighted by Gasteiger charge is 2.31. The minimum Gasteiger partial charge on any atom is -0.388 e. The van der Waals surface area contributed by atoms with Gasteiger partial charge < -0.3 is 14.7 Å². The molecule has 1 N–H and O–H groups in total. The van der Waals surface area contributed by atoms with E-state index in [2.05, 4.69) is 17.0 Å². The maximum absolute atomic E-state index is 9.93. The summed E-state index contributed by atoms with van der Waals surface area (Å²) in [7, 11) is 1.64. The minimum atomic E-state index is -0.449. The van der Waals surface area contributed by atoms with Crippen molar-refractivity contribution >= 4 is 5.82 Å². The average Bonchev–Trinajstić information content (AvgIpc) is 2.90. The minimum absolute atomic E-state index is 0.135. The number of nitrogens with zero attached hydrogens (tertiary/aromatic N) is 2. The maximum Gasteiger partial charge on any atom is 0.128 e. The lowest BCUT2D eigenvalue weighted by molar-refractivity contribution is 0.0217. The molecule has 1 aromatic carbocycles. The highest BCUT2D eigenvalue weighted by Crippen LogP contribution is 2.21. The molecule has 0 unspecified atom stereocenters. The fourth-order valence-corrected chi connectivity index (χ4v) is 2.72. The van der Waals surface area contributed by atoms with Crippen molar-refractivity contribution in [3.05, 3.63) is 59.8 Å². The Morgan fingerprint density at radius 3 is 2.67 bits per heavy atom. The zero-order valence-corrected chi connectivity index (χ0v) is 12.1. The Labute approximate surface area is 125 Å². The summed E-state index contributed by atoms with van der Waals surface area (Å²) in [4.78, 5) is 6.79. The summed E-state index contributed by atoms with van der Waals surface area (Å²) in [6.07, 6.45) is 0.234. The third kappa shape index (κ3) is 3.23. The van der Waals surface area contributed by atoms with Crippen LogP contribution in [0.5, 0.6) is 0 Å². The summed E-state index contributed by atoms with van der Waals surface area (Å²) in [5, 5.41) is 9.93. The average molecular weight is 284 g/mol. The van der Waals surface area contributed by atoms with Gasteiger partial charge in [-0.15, -0.1) is 0 Å². The van der Waals surface area contributed by atoms with Crippen molar-refractivity contribution in [1.82, 2.24) is 4.98 Å². The lowest BCUT2D eigenvalue weighted by atomic mass is 10.1. The largest absolute Gasteiger partial charge is 0.388 e. The number of aliphatic hydroxyl groups excluding tert-OH is 1. The molecular weight excluding hydrogens is 264 g/mol. The highest BCUT2D eigenvalue weighted by atomic mass is 16.5. The first-order chi connectivity index (χ1) is 10.3. The van der Waals surface area contributed by atoms with Gasteiger partial charge in [0.25, 0.3) is 0 Å². The van der Waals surface area contributed by atoms with Crippen LogP contribution in [0.4, 0.5) is 5.82 Å². The number of hydrogen-bond donors (Lipinski definition) is 1. The zero-order valence-electron chi connectivity index (χ0n) is 12.1. The number of hydrogen-bond acceptors (Lipinski definition) is 4. The van der Waals surface area contributed by atoms with Crippen molar-refractivity contribution < 1.29 is 9.84 Å². The fraction of sp³-hybridized carbons (Fsp3) is 0.353. The molecule has 2 aromatic rings. The van der Waals surface area contributed by atoms with Gasteiger partial charge in [-0.05, 0) is 17.7 Å². The molecule has 1 aliphatic rings. The van der Waals surface area contributed by atoms with Gasteiger partial charge in [-0.1, -0.05) is 36.4 Å². The maximum atomic E-state index is 9.93. The molecule has 21 heavy (non-hydrogen) atoms. The Balaban J connectivity index is 1.75. The summed E-state index contributed by atoms with van der Waals surface area (Å²) < 4.78 is 5.28. The summed E-state index contributed by atoms with van der Waals surface area (Å²) >= 11 is 0. The molecular formula is C17H20N2O2. The van der Waals surface area contributed by atoms with Crippen LogP contribution in [0.15, 0.2) is 48.5 Å². The lowest BCUT2D eigenvalue weighted by Gasteiger charge is -2.17. The zero-order chi connectivity index (χ0) is 14.7. The van der Waals surface area contributed by atoms with Gasteiger partial charge in [-0.3, -0.25) is 0 Å². The monoisotopic (exact) mass is 284 g/mol. The standard InChI is InChI=1S/C17H20N2O2/c1-21-16-12-19(11-15(16)20)17-9-5-8-14(18-17)10-13-6-3-2-4-7-13/h2-9,15-16,20H,10-12H2,1H3/t15-,16+/m1/s1. The summed E-state index contributed by atoms with van der Waals surface area (Å²) in [5.41, 5.74) is 2.28. The Morgan fingerprint density at radius 1 is 1.14 bits per heavy atom. The quantitative estimate of drug-likeness (QED) is 0.931. The first-order valence-electron chi connectivity index (χ1n) is 7.22. The number of benzene rings is 1. The number of rotatable bonds is 4. The second-order valence-corrected chi connectivity index (χ2v) is 5.40. The molecule has 4 nitrogen and oxygen atoms in total. The van der Waals surface area contributed by atoms with Gasteiger partial charge in [0.15, 0.2) is 0 Å². The molecule has 1 fully saturated rings. The van der Waals surface area contributed by atoms with Crippen LogP contribution in [0, 0.1) is 0 Å². The summed E-state index contributed by atoms with van der Waals surface area (Å²) in [5.74, 6) is 0.905. The van der Waals surface area contributed by atoms with Crippen molar-refractivity contribution in [2.45, 2.75) is 18.6 Å². The predicted octanol–water partition coefficient (Wildman–Crippen LogP) is 1.87. The van der Waals surface area contributed by atoms with Gasteiger partial charge in [-0.2, -0.15) is 0 Å². The summed E-state index contributed by atoms with van der Waals surface area (Å²) in [6, 6.07) is 16.4. The third-order valence-corrected chi connectivity index (χ3v) is 3.88. The Hall–Kier alpha value is -1.91. The molecule has 0 bridgehead atoms. The van der Waals surface area contributed by atoms with Crippen LogP contribution in [0.1, 0.15) is 11.3 Å². The molecule has 2 atom stereocenters. The Morgan fingerprint density at radius 2 is 1.95 bits per heavy atom. The van der Waals surface area contributed by atoms with Crippen LogP contribution in [0.3, 0.4) is 0 Å². The van der Waals surface area contributed by atoms with E-state index in [1.54, 1.807) is 7.11 Å². The summed E-state index contributed by atoms with van der Waals surface area (Å²) in [6.45, 7) is 1.25. The van der Waals surface area contributed by atoms with E-state index in [0.717, 1.165) is 17.9 Å². The van der Waals surface area contributed by atoms with E-state index in [0.29, 0.717) is 13.1 Å². The van der Waals surface area contributed by atoms with Crippen molar-refractivity contribution in [1.29, 1.82) is 0 Å². The molecule has 0 radical (unpaired) electrons. The molecule has 1 aliphatic heterocycles. The topological polar surface area (TPSA) is 45.6 Å². The van der Waals surface area contributed by atoms with E-state index in [9.17, 15) is 5.11 Å². The molecule has 2 heterocycles. The van der Waals surface area contributed by atoms with Gasteiger partial charge in [0.1, 0.15) is 11.9 Å². The number of ether oxygens (including phenoxy) is 1. The van der Waals surface area contributed by atoms with E-state index in [1.807, 2.05) is 36.4 Å². The third-order valence-electron chi connectivity index (χ3n) is 3.88. The van der Waals surface area contributed by atoms with E-state index < -0.39 is 6.10 Å². The molecule has 0 saturated carbocycles. The molecule has 1 saturated heterocycles. The van der Waals surface area contributed by atoms with E-state index in [4.69, 9.17) is 9.72 Å². The van der Waals surface area contributed by atoms with Crippen LogP contribution in [-0.4, -0.2) is 42.5 Å². The molecule has 1 aromatic heterocycles. The highest BCUT2D eigenvalue weighted by molar-refractivity contribution is 5.42. The molecule has 0 aliphatic carbocycles. The first-order valence-corrected chi connectivity index (χ1v) is 7.22. The number of aromatic nitrogens is 1. The second kappa shape index (κ2) is 6.24. The van der Waals surface area contributed by atoms with Gasteiger partial charge in [0.05, 0.1) is 6.10 Å². The van der Waals surface area contributed by atoms with Crippen LogP contribution in [0.2, 0.25) is 0 Å². The number of methoxy groups -OCH3 is 1. The van der Waals surface area contributed by atoms with Gasteiger partial charge >= 0.3 is 0 Å². The van der Waals surface area contributed by atoms with Crippen LogP contribution < -0.4 is 4.90 Å². The molecule has 0 spiro atoms. The second-order valence-electron chi connectivity index (χ2n) is 5.40. The van der Waals surface area contributed by atoms with Crippen molar-refractivity contribution in [2.75, 3.05) is 25.1 Å². The molecule has 0 amide bonds. The number of pyridine rings is 1. The van der Waals surface area contributed by atoms with Gasteiger partial charge in [0.2, 0.25) is 0 Å². The Kier molecular flexibility index (Phi) is 4.18.